The number of benzene rings is 1. The van der Waals surface area contributed by atoms with E-state index >= 15 is 0 Å². The zero-order chi connectivity index (χ0) is 16.7. The van der Waals surface area contributed by atoms with Gasteiger partial charge < -0.3 is 15.4 Å². The van der Waals surface area contributed by atoms with Crippen molar-refractivity contribution in [2.75, 3.05) is 13.1 Å². The number of nitrogens with one attached hydrogen (secondary N) is 2. The van der Waals surface area contributed by atoms with E-state index in [4.69, 9.17) is 9.72 Å². The van der Waals surface area contributed by atoms with Gasteiger partial charge in [-0.2, -0.15) is 0 Å². The van der Waals surface area contributed by atoms with Gasteiger partial charge in [0.1, 0.15) is 11.4 Å². The van der Waals surface area contributed by atoms with Crippen molar-refractivity contribution in [3.63, 3.8) is 0 Å². The van der Waals surface area contributed by atoms with Crippen LogP contribution >= 0.6 is 0 Å². The van der Waals surface area contributed by atoms with Crippen LogP contribution in [0.15, 0.2) is 42.6 Å². The molecule has 0 saturated carbocycles. The first-order valence-corrected chi connectivity index (χ1v) is 9.52. The average Bonchev–Trinajstić information content (AvgIpc) is 3.09. The summed E-state index contributed by atoms with van der Waals surface area (Å²) in [6, 6.07) is 13.5. The maximum absolute atomic E-state index is 6.45. The van der Waals surface area contributed by atoms with Crippen LogP contribution in [0, 0.1) is 0 Å². The predicted octanol–water partition coefficient (Wildman–Crippen LogP) is 3.30. The van der Waals surface area contributed by atoms with Crippen molar-refractivity contribution in [2.24, 2.45) is 0 Å². The molecule has 5 rings (SSSR count). The molecule has 2 aliphatic heterocycles. The quantitative estimate of drug-likeness (QED) is 0.884. The molecule has 3 aliphatic rings. The topological polar surface area (TPSA) is 46.2 Å². The summed E-state index contributed by atoms with van der Waals surface area (Å²) >= 11 is 0. The van der Waals surface area contributed by atoms with E-state index < -0.39 is 0 Å². The van der Waals surface area contributed by atoms with E-state index in [1.165, 1.54) is 23.2 Å². The standard InChI is InChI=1S/C21H25N3O/c1-2-9-19-16(7-1)18(13-21(25-19)10-12-22-14-21)24-17-8-3-5-15-6-4-11-23-20(15)17/h1-2,4,6-7,9,11,17-18,22,24H,3,5,8,10,12-14H2. The minimum absolute atomic E-state index is 0.0619. The van der Waals surface area contributed by atoms with E-state index in [0.29, 0.717) is 12.1 Å². The molecule has 4 heteroatoms. The highest BCUT2D eigenvalue weighted by molar-refractivity contribution is 5.40. The van der Waals surface area contributed by atoms with Crippen molar-refractivity contribution < 1.29 is 4.74 Å². The van der Waals surface area contributed by atoms with Crippen LogP contribution in [0.4, 0.5) is 0 Å². The summed E-state index contributed by atoms with van der Waals surface area (Å²) in [5, 5.41) is 7.44. The van der Waals surface area contributed by atoms with Crippen molar-refractivity contribution >= 4 is 0 Å². The average molecular weight is 335 g/mol. The Bertz CT molecular complexity index is 769. The maximum Gasteiger partial charge on any atom is 0.124 e. The summed E-state index contributed by atoms with van der Waals surface area (Å²) in [6.45, 7) is 1.99. The fraction of sp³-hybridized carbons (Fsp3) is 0.476. The van der Waals surface area contributed by atoms with Crippen LogP contribution in [0.1, 0.15) is 54.6 Å². The van der Waals surface area contributed by atoms with Crippen LogP contribution in [-0.2, 0) is 6.42 Å². The molecule has 1 aliphatic carbocycles. The highest BCUT2D eigenvalue weighted by Gasteiger charge is 2.43. The normalized spacial score (nSPS) is 30.6. The fourth-order valence-electron chi connectivity index (χ4n) is 4.76. The summed E-state index contributed by atoms with van der Waals surface area (Å²) in [7, 11) is 0. The van der Waals surface area contributed by atoms with Gasteiger partial charge in [-0.3, -0.25) is 4.98 Å². The molecular weight excluding hydrogens is 310 g/mol. The molecule has 3 unspecified atom stereocenters. The van der Waals surface area contributed by atoms with Crippen molar-refractivity contribution in [3.8, 4) is 5.75 Å². The van der Waals surface area contributed by atoms with E-state index in [2.05, 4.69) is 47.0 Å². The van der Waals surface area contributed by atoms with Crippen LogP contribution in [0.25, 0.3) is 0 Å². The second-order valence-corrected chi connectivity index (χ2v) is 7.67. The number of pyridine rings is 1. The van der Waals surface area contributed by atoms with Crippen LogP contribution < -0.4 is 15.4 Å². The maximum atomic E-state index is 6.45. The molecular formula is C21H25N3O. The van der Waals surface area contributed by atoms with Crippen LogP contribution in [0.5, 0.6) is 5.75 Å². The predicted molar refractivity (Wildman–Crippen MR) is 97.7 cm³/mol. The van der Waals surface area contributed by atoms with E-state index in [1.54, 1.807) is 0 Å². The number of para-hydroxylation sites is 1. The molecule has 0 bridgehead atoms. The van der Waals surface area contributed by atoms with Crippen LogP contribution in [0.3, 0.4) is 0 Å². The minimum Gasteiger partial charge on any atom is -0.485 e. The number of aromatic nitrogens is 1. The highest BCUT2D eigenvalue weighted by atomic mass is 16.5. The van der Waals surface area contributed by atoms with Gasteiger partial charge in [0.05, 0.1) is 11.7 Å². The van der Waals surface area contributed by atoms with Gasteiger partial charge >= 0.3 is 0 Å². The number of ether oxygens (including phenoxy) is 1. The molecule has 130 valence electrons. The molecule has 3 atom stereocenters. The summed E-state index contributed by atoms with van der Waals surface area (Å²) < 4.78 is 6.45. The summed E-state index contributed by atoms with van der Waals surface area (Å²) in [5.74, 6) is 1.05. The molecule has 1 spiro atoms. The van der Waals surface area contributed by atoms with E-state index in [9.17, 15) is 0 Å². The Morgan fingerprint density at radius 2 is 2.12 bits per heavy atom. The Hall–Kier alpha value is -1.91. The number of hydrogen-bond donors (Lipinski definition) is 2. The Balaban J connectivity index is 1.47. The Morgan fingerprint density at radius 1 is 1.16 bits per heavy atom. The third kappa shape index (κ3) is 2.74. The zero-order valence-corrected chi connectivity index (χ0v) is 14.5. The van der Waals surface area contributed by atoms with Crippen molar-refractivity contribution in [1.82, 2.24) is 15.6 Å². The van der Waals surface area contributed by atoms with Crippen LogP contribution in [0.2, 0.25) is 0 Å². The van der Waals surface area contributed by atoms with Gasteiger partial charge in [0.15, 0.2) is 0 Å². The molecule has 0 radical (unpaired) electrons. The lowest BCUT2D eigenvalue weighted by Crippen LogP contribution is -2.46. The second kappa shape index (κ2) is 6.11. The van der Waals surface area contributed by atoms with Gasteiger partial charge in [0, 0.05) is 37.2 Å². The second-order valence-electron chi connectivity index (χ2n) is 7.67. The molecule has 25 heavy (non-hydrogen) atoms. The van der Waals surface area contributed by atoms with Crippen molar-refractivity contribution in [3.05, 3.63) is 59.4 Å². The van der Waals surface area contributed by atoms with E-state index in [1.807, 2.05) is 6.20 Å². The molecule has 2 N–H and O–H groups in total. The first-order valence-electron chi connectivity index (χ1n) is 9.52. The number of rotatable bonds is 2. The molecule has 3 heterocycles. The molecule has 1 saturated heterocycles. The van der Waals surface area contributed by atoms with Gasteiger partial charge in [-0.25, -0.2) is 0 Å². The SMILES string of the molecule is c1cnc2c(c1)CCCC2NC1CC2(CCNC2)Oc2ccccc21. The summed E-state index contributed by atoms with van der Waals surface area (Å²) in [4.78, 5) is 4.71. The molecule has 1 aromatic carbocycles. The van der Waals surface area contributed by atoms with E-state index in [-0.39, 0.29) is 5.60 Å². The summed E-state index contributed by atoms with van der Waals surface area (Å²) in [6.07, 6.45) is 7.58. The molecule has 1 aromatic heterocycles. The van der Waals surface area contributed by atoms with Crippen molar-refractivity contribution in [2.45, 2.75) is 49.8 Å². The lowest BCUT2D eigenvalue weighted by molar-refractivity contribution is 0.0463. The molecule has 1 fully saturated rings. The Morgan fingerprint density at radius 3 is 3.04 bits per heavy atom. The largest absolute Gasteiger partial charge is 0.485 e. The third-order valence-corrected chi connectivity index (χ3v) is 6.00. The third-order valence-electron chi connectivity index (χ3n) is 6.00. The lowest BCUT2D eigenvalue weighted by atomic mass is 9.84. The van der Waals surface area contributed by atoms with Crippen LogP contribution in [-0.4, -0.2) is 23.7 Å². The van der Waals surface area contributed by atoms with Gasteiger partial charge in [0.2, 0.25) is 0 Å². The van der Waals surface area contributed by atoms with Gasteiger partial charge in [-0.15, -0.1) is 0 Å². The molecule has 4 nitrogen and oxygen atoms in total. The zero-order valence-electron chi connectivity index (χ0n) is 14.5. The molecule has 0 amide bonds. The minimum atomic E-state index is -0.0619. The van der Waals surface area contributed by atoms with Gasteiger partial charge in [0.25, 0.3) is 0 Å². The van der Waals surface area contributed by atoms with Gasteiger partial charge in [-0.1, -0.05) is 24.3 Å². The Labute approximate surface area is 149 Å². The first-order chi connectivity index (χ1) is 12.3. The molecule has 2 aromatic rings. The van der Waals surface area contributed by atoms with Crippen molar-refractivity contribution in [1.29, 1.82) is 0 Å². The smallest absolute Gasteiger partial charge is 0.124 e. The fourth-order valence-corrected chi connectivity index (χ4v) is 4.76. The number of fused-ring (bicyclic) bond motifs is 2. The first kappa shape index (κ1) is 15.4. The summed E-state index contributed by atoms with van der Waals surface area (Å²) in [5.41, 5.74) is 3.89. The monoisotopic (exact) mass is 335 g/mol. The highest BCUT2D eigenvalue weighted by Crippen LogP contribution is 2.43. The number of aryl methyl sites for hydroxylation is 1. The van der Waals surface area contributed by atoms with E-state index in [0.717, 1.165) is 44.5 Å². The number of hydrogen-bond acceptors (Lipinski definition) is 4. The number of nitrogens with zero attached hydrogens (tertiary/aromatic N) is 1. The Kier molecular flexibility index (Phi) is 3.75. The lowest BCUT2D eigenvalue weighted by Gasteiger charge is -2.41. The van der Waals surface area contributed by atoms with Gasteiger partial charge in [-0.05, 0) is 43.5 Å².